The third-order valence-electron chi connectivity index (χ3n) is 5.35. The van der Waals surface area contributed by atoms with Gasteiger partial charge in [0.2, 0.25) is 0 Å². The van der Waals surface area contributed by atoms with Crippen LogP contribution in [0.4, 0.5) is 14.5 Å². The summed E-state index contributed by atoms with van der Waals surface area (Å²) in [5.41, 5.74) is 2.78. The molecular weight excluding hydrogens is 384 g/mol. The molecule has 2 aromatic heterocycles. The molecule has 148 valence electrons. The second-order valence-electron chi connectivity index (χ2n) is 7.06. The summed E-state index contributed by atoms with van der Waals surface area (Å²) in [4.78, 5) is 24.3. The van der Waals surface area contributed by atoms with Gasteiger partial charge < -0.3 is 14.6 Å². The van der Waals surface area contributed by atoms with E-state index in [0.717, 1.165) is 45.9 Å². The van der Waals surface area contributed by atoms with Crippen molar-refractivity contribution in [3.8, 4) is 5.75 Å². The Hall–Kier alpha value is -2.48. The molecule has 0 radical (unpaired) electrons. The van der Waals surface area contributed by atoms with E-state index in [1.807, 2.05) is 20.8 Å². The van der Waals surface area contributed by atoms with Crippen molar-refractivity contribution in [1.82, 2.24) is 9.97 Å². The van der Waals surface area contributed by atoms with Crippen LogP contribution in [0.1, 0.15) is 41.2 Å². The van der Waals surface area contributed by atoms with Crippen molar-refractivity contribution in [2.75, 3.05) is 11.4 Å². The molecule has 1 aliphatic rings. The Morgan fingerprint density at radius 2 is 2.11 bits per heavy atom. The van der Waals surface area contributed by atoms with Crippen LogP contribution in [-0.2, 0) is 6.42 Å². The summed E-state index contributed by atoms with van der Waals surface area (Å²) in [5.74, 6) is 0.778. The van der Waals surface area contributed by atoms with Crippen molar-refractivity contribution < 1.29 is 13.5 Å². The molecule has 28 heavy (non-hydrogen) atoms. The number of nitrogens with zero attached hydrogens (tertiary/aromatic N) is 2. The summed E-state index contributed by atoms with van der Waals surface area (Å²) in [5, 5.41) is 0.659. The molecule has 0 aliphatic carbocycles. The number of H-pyrrole nitrogens is 1. The van der Waals surface area contributed by atoms with E-state index < -0.39 is 6.61 Å². The summed E-state index contributed by atoms with van der Waals surface area (Å²) >= 11 is 1.53. The molecule has 1 aromatic carbocycles. The molecule has 3 aromatic rings. The second-order valence-corrected chi connectivity index (χ2v) is 8.26. The Bertz CT molecular complexity index is 1090. The van der Waals surface area contributed by atoms with Crippen LogP contribution in [0.5, 0.6) is 5.75 Å². The summed E-state index contributed by atoms with van der Waals surface area (Å²) in [7, 11) is 0. The van der Waals surface area contributed by atoms with Crippen LogP contribution < -0.4 is 15.2 Å². The summed E-state index contributed by atoms with van der Waals surface area (Å²) in [6, 6.07) is 4.88. The third-order valence-corrected chi connectivity index (χ3v) is 6.45. The van der Waals surface area contributed by atoms with Gasteiger partial charge in [0.15, 0.2) is 0 Å². The molecule has 0 spiro atoms. The Kier molecular flexibility index (Phi) is 4.82. The van der Waals surface area contributed by atoms with Crippen molar-refractivity contribution in [2.24, 2.45) is 0 Å². The number of nitrogens with one attached hydrogen (secondary N) is 1. The van der Waals surface area contributed by atoms with Gasteiger partial charge >= 0.3 is 6.61 Å². The van der Waals surface area contributed by atoms with E-state index in [1.165, 1.54) is 11.3 Å². The van der Waals surface area contributed by atoms with Gasteiger partial charge in [0, 0.05) is 17.1 Å². The predicted molar refractivity (Wildman–Crippen MR) is 107 cm³/mol. The lowest BCUT2D eigenvalue weighted by molar-refractivity contribution is -0.0498. The molecule has 4 rings (SSSR count). The van der Waals surface area contributed by atoms with E-state index in [-0.39, 0.29) is 17.4 Å². The van der Waals surface area contributed by atoms with Crippen molar-refractivity contribution in [2.45, 2.75) is 46.3 Å². The smallest absolute Gasteiger partial charge is 0.387 e. The van der Waals surface area contributed by atoms with Crippen LogP contribution in [0.2, 0.25) is 0 Å². The van der Waals surface area contributed by atoms with Gasteiger partial charge in [-0.25, -0.2) is 4.98 Å². The van der Waals surface area contributed by atoms with Crippen molar-refractivity contribution in [3.05, 3.63) is 50.4 Å². The first kappa shape index (κ1) is 18.9. The van der Waals surface area contributed by atoms with E-state index in [0.29, 0.717) is 11.2 Å². The number of thiophene rings is 1. The van der Waals surface area contributed by atoms with Crippen LogP contribution in [0, 0.1) is 13.8 Å². The molecule has 3 heterocycles. The first-order valence-electron chi connectivity index (χ1n) is 9.19. The van der Waals surface area contributed by atoms with Crippen LogP contribution in [0.15, 0.2) is 23.0 Å². The SMILES string of the molecule is Cc1sc2nc(C(C)N3CCCc4cc(OC(F)F)ccc43)[nH]c(=O)c2c1C. The summed E-state index contributed by atoms with van der Waals surface area (Å²) in [6.45, 7) is 3.89. The largest absolute Gasteiger partial charge is 0.435 e. The molecule has 0 saturated heterocycles. The molecule has 5 nitrogen and oxygen atoms in total. The Balaban J connectivity index is 1.71. The lowest BCUT2D eigenvalue weighted by atomic mass is 9.99. The maximum absolute atomic E-state index is 12.6. The molecule has 1 atom stereocenters. The van der Waals surface area contributed by atoms with E-state index >= 15 is 0 Å². The van der Waals surface area contributed by atoms with Crippen LogP contribution in [0.25, 0.3) is 10.2 Å². The molecule has 0 bridgehead atoms. The maximum Gasteiger partial charge on any atom is 0.387 e. The molecule has 1 unspecified atom stereocenters. The standard InChI is InChI=1S/C20H21F2N3O2S/c1-10-12(3)28-19-16(10)18(26)23-17(24-19)11(2)25-8-4-5-13-9-14(27-20(21)22)6-7-15(13)25/h6-7,9,11,20H,4-5,8H2,1-3H3,(H,23,24,26). The molecule has 8 heteroatoms. The number of fused-ring (bicyclic) bond motifs is 2. The molecule has 1 N–H and O–H groups in total. The first-order chi connectivity index (χ1) is 13.3. The zero-order chi connectivity index (χ0) is 20.0. The minimum Gasteiger partial charge on any atom is -0.435 e. The number of anilines is 1. The number of aromatic amines is 1. The monoisotopic (exact) mass is 405 g/mol. The van der Waals surface area contributed by atoms with Gasteiger partial charge in [-0.15, -0.1) is 11.3 Å². The van der Waals surface area contributed by atoms with Crippen molar-refractivity contribution in [1.29, 1.82) is 0 Å². The summed E-state index contributed by atoms with van der Waals surface area (Å²) in [6.07, 6.45) is 1.68. The van der Waals surface area contributed by atoms with E-state index in [2.05, 4.69) is 14.6 Å². The van der Waals surface area contributed by atoms with Crippen molar-refractivity contribution >= 4 is 27.2 Å². The fourth-order valence-electron chi connectivity index (χ4n) is 3.80. The average Bonchev–Trinajstić information content (AvgIpc) is 2.94. The Labute approximate surface area is 165 Å². The molecule has 0 saturated carbocycles. The zero-order valence-electron chi connectivity index (χ0n) is 15.9. The number of aryl methyl sites for hydroxylation is 3. The number of alkyl halides is 2. The minimum absolute atomic E-state index is 0.119. The van der Waals surface area contributed by atoms with Gasteiger partial charge in [0.1, 0.15) is 16.4 Å². The number of hydrogen-bond donors (Lipinski definition) is 1. The van der Waals surface area contributed by atoms with Gasteiger partial charge in [-0.1, -0.05) is 0 Å². The van der Waals surface area contributed by atoms with Gasteiger partial charge in [0.25, 0.3) is 5.56 Å². The highest BCUT2D eigenvalue weighted by Gasteiger charge is 2.25. The van der Waals surface area contributed by atoms with E-state index in [9.17, 15) is 13.6 Å². The minimum atomic E-state index is -2.84. The molecular formula is C20H21F2N3O2S. The van der Waals surface area contributed by atoms with Gasteiger partial charge in [-0.3, -0.25) is 4.79 Å². The number of ether oxygens (including phenoxy) is 1. The number of aromatic nitrogens is 2. The number of rotatable bonds is 4. The van der Waals surface area contributed by atoms with E-state index in [1.54, 1.807) is 18.2 Å². The fraction of sp³-hybridized carbons (Fsp3) is 0.400. The van der Waals surface area contributed by atoms with Gasteiger partial charge in [-0.05, 0) is 62.9 Å². The number of benzene rings is 1. The van der Waals surface area contributed by atoms with Crippen molar-refractivity contribution in [3.63, 3.8) is 0 Å². The topological polar surface area (TPSA) is 58.2 Å². The van der Waals surface area contributed by atoms with Gasteiger partial charge in [0.05, 0.1) is 11.4 Å². The van der Waals surface area contributed by atoms with Crippen LogP contribution >= 0.6 is 11.3 Å². The highest BCUT2D eigenvalue weighted by molar-refractivity contribution is 7.18. The average molecular weight is 405 g/mol. The predicted octanol–water partition coefficient (Wildman–Crippen LogP) is 4.72. The highest BCUT2D eigenvalue weighted by Crippen LogP contribution is 2.36. The molecule has 0 amide bonds. The maximum atomic E-state index is 12.6. The highest BCUT2D eigenvalue weighted by atomic mass is 32.1. The Morgan fingerprint density at radius 1 is 1.32 bits per heavy atom. The first-order valence-corrected chi connectivity index (χ1v) is 10.0. The van der Waals surface area contributed by atoms with E-state index in [4.69, 9.17) is 4.98 Å². The third kappa shape index (κ3) is 3.26. The fourth-order valence-corrected chi connectivity index (χ4v) is 4.83. The normalized spacial score (nSPS) is 15.1. The second kappa shape index (κ2) is 7.16. The lowest BCUT2D eigenvalue weighted by Crippen LogP contribution is -2.34. The zero-order valence-corrected chi connectivity index (χ0v) is 16.7. The number of hydrogen-bond acceptors (Lipinski definition) is 5. The molecule has 1 aliphatic heterocycles. The lowest BCUT2D eigenvalue weighted by Gasteiger charge is -2.35. The van der Waals surface area contributed by atoms with Crippen LogP contribution in [-0.4, -0.2) is 23.1 Å². The molecule has 0 fully saturated rings. The Morgan fingerprint density at radius 3 is 2.86 bits per heavy atom. The van der Waals surface area contributed by atoms with Crippen LogP contribution in [0.3, 0.4) is 0 Å². The summed E-state index contributed by atoms with van der Waals surface area (Å²) < 4.78 is 29.5. The van der Waals surface area contributed by atoms with Gasteiger partial charge in [-0.2, -0.15) is 8.78 Å². The number of halogens is 2. The quantitative estimate of drug-likeness (QED) is 0.683.